The molecule has 3 nitrogen and oxygen atoms in total. The van der Waals surface area contributed by atoms with Crippen LogP contribution in [0.15, 0.2) is 0 Å². The van der Waals surface area contributed by atoms with Gasteiger partial charge in [-0.1, -0.05) is 39.0 Å². The quantitative estimate of drug-likeness (QED) is 0.610. The number of unbranched alkanes of at least 4 members (excludes halogenated alkanes) is 4. The lowest BCUT2D eigenvalue weighted by molar-refractivity contribution is 0.00941. The van der Waals surface area contributed by atoms with Crippen LogP contribution in [-0.2, 0) is 4.74 Å². The predicted octanol–water partition coefficient (Wildman–Crippen LogP) is 4.99. The summed E-state index contributed by atoms with van der Waals surface area (Å²) in [5.41, 5.74) is -0.572. The van der Waals surface area contributed by atoms with Crippen LogP contribution >= 0.6 is 0 Å². The summed E-state index contributed by atoms with van der Waals surface area (Å²) in [6.45, 7) is 12.1. The highest BCUT2D eigenvalue weighted by Gasteiger charge is 2.30. The van der Waals surface area contributed by atoms with Crippen molar-refractivity contribution in [3.8, 4) is 0 Å². The van der Waals surface area contributed by atoms with Gasteiger partial charge in [0.15, 0.2) is 0 Å². The van der Waals surface area contributed by atoms with E-state index in [-0.39, 0.29) is 11.6 Å². The van der Waals surface area contributed by atoms with Gasteiger partial charge in [-0.15, -0.1) is 0 Å². The zero-order valence-corrected chi connectivity index (χ0v) is 14.0. The minimum atomic E-state index is -0.428. The molecule has 0 saturated heterocycles. The second-order valence-electron chi connectivity index (χ2n) is 7.02. The standard InChI is InChI=1S/C16H33NO2/c1-8-9-10-11-12-13-16(5,6)17(7)14(18)19-15(2,3)4/h8-13H2,1-7H3. The molecule has 0 atom stereocenters. The first-order valence-corrected chi connectivity index (χ1v) is 7.57. The molecule has 0 rings (SSSR count). The van der Waals surface area contributed by atoms with Crippen molar-refractivity contribution in [2.75, 3.05) is 7.05 Å². The molecule has 0 aromatic rings. The van der Waals surface area contributed by atoms with E-state index in [0.717, 1.165) is 6.42 Å². The Morgan fingerprint density at radius 2 is 1.53 bits per heavy atom. The second kappa shape index (κ2) is 7.76. The maximum absolute atomic E-state index is 12.0. The molecule has 0 aromatic carbocycles. The van der Waals surface area contributed by atoms with E-state index in [1.54, 1.807) is 4.90 Å². The van der Waals surface area contributed by atoms with Gasteiger partial charge >= 0.3 is 6.09 Å². The summed E-state index contributed by atoms with van der Waals surface area (Å²) in [5, 5.41) is 0. The predicted molar refractivity (Wildman–Crippen MR) is 81.5 cm³/mol. The van der Waals surface area contributed by atoms with E-state index < -0.39 is 5.60 Å². The number of hydrogen-bond acceptors (Lipinski definition) is 2. The lowest BCUT2D eigenvalue weighted by atomic mass is 9.95. The van der Waals surface area contributed by atoms with Crippen LogP contribution < -0.4 is 0 Å². The summed E-state index contributed by atoms with van der Waals surface area (Å²) < 4.78 is 5.42. The third-order valence-corrected chi connectivity index (χ3v) is 3.47. The molecule has 1 amide bonds. The van der Waals surface area contributed by atoms with Gasteiger partial charge in [-0.25, -0.2) is 4.79 Å². The summed E-state index contributed by atoms with van der Waals surface area (Å²) in [7, 11) is 1.83. The van der Waals surface area contributed by atoms with Gasteiger partial charge in [-0.3, -0.25) is 0 Å². The van der Waals surface area contributed by atoms with Crippen molar-refractivity contribution >= 4 is 6.09 Å². The highest BCUT2D eigenvalue weighted by Crippen LogP contribution is 2.23. The Balaban J connectivity index is 4.19. The van der Waals surface area contributed by atoms with Crippen LogP contribution in [0, 0.1) is 0 Å². The zero-order chi connectivity index (χ0) is 15.1. The summed E-state index contributed by atoms with van der Waals surface area (Å²) in [6.07, 6.45) is 7.07. The molecule has 0 radical (unpaired) electrons. The fourth-order valence-corrected chi connectivity index (χ4v) is 1.91. The molecule has 3 heteroatoms. The van der Waals surface area contributed by atoms with E-state index in [0.29, 0.717) is 0 Å². The lowest BCUT2D eigenvalue weighted by Crippen LogP contribution is -2.47. The first-order chi connectivity index (χ1) is 8.60. The monoisotopic (exact) mass is 271 g/mol. The third kappa shape index (κ3) is 8.12. The summed E-state index contributed by atoms with van der Waals surface area (Å²) in [6, 6.07) is 0. The molecule has 0 aliphatic rings. The minimum Gasteiger partial charge on any atom is -0.444 e. The smallest absolute Gasteiger partial charge is 0.410 e. The molecular weight excluding hydrogens is 238 g/mol. The van der Waals surface area contributed by atoms with Crippen LogP contribution in [0.5, 0.6) is 0 Å². The van der Waals surface area contributed by atoms with Gasteiger partial charge in [-0.2, -0.15) is 0 Å². The van der Waals surface area contributed by atoms with E-state index in [1.807, 2.05) is 27.8 Å². The van der Waals surface area contributed by atoms with Crippen LogP contribution in [0.2, 0.25) is 0 Å². The van der Waals surface area contributed by atoms with Gasteiger partial charge < -0.3 is 9.64 Å². The number of carbonyl (C=O) groups excluding carboxylic acids is 1. The Hall–Kier alpha value is -0.730. The Morgan fingerprint density at radius 3 is 2.00 bits per heavy atom. The van der Waals surface area contributed by atoms with Gasteiger partial charge in [-0.05, 0) is 41.0 Å². The fraction of sp³-hybridized carbons (Fsp3) is 0.938. The van der Waals surface area contributed by atoms with Crippen molar-refractivity contribution in [3.63, 3.8) is 0 Å². The van der Waals surface area contributed by atoms with Crippen LogP contribution in [0.3, 0.4) is 0 Å². The molecule has 0 spiro atoms. The maximum Gasteiger partial charge on any atom is 0.410 e. The third-order valence-electron chi connectivity index (χ3n) is 3.47. The van der Waals surface area contributed by atoms with Gasteiger partial charge in [0, 0.05) is 12.6 Å². The first-order valence-electron chi connectivity index (χ1n) is 7.57. The zero-order valence-electron chi connectivity index (χ0n) is 14.0. The average Bonchev–Trinajstić information content (AvgIpc) is 2.25. The molecule has 0 heterocycles. The molecule has 0 aliphatic heterocycles. The summed E-state index contributed by atoms with van der Waals surface area (Å²) in [5.74, 6) is 0. The molecule has 0 saturated carbocycles. The topological polar surface area (TPSA) is 29.5 Å². The summed E-state index contributed by atoms with van der Waals surface area (Å²) in [4.78, 5) is 13.8. The van der Waals surface area contributed by atoms with Crippen molar-refractivity contribution in [2.24, 2.45) is 0 Å². The number of rotatable bonds is 7. The van der Waals surface area contributed by atoms with Gasteiger partial charge in [0.2, 0.25) is 0 Å². The highest BCUT2D eigenvalue weighted by molar-refractivity contribution is 5.68. The van der Waals surface area contributed by atoms with Crippen LogP contribution in [0.25, 0.3) is 0 Å². The van der Waals surface area contributed by atoms with E-state index in [1.165, 1.54) is 32.1 Å². The Bertz CT molecular complexity index is 266. The SMILES string of the molecule is CCCCCCCC(C)(C)N(C)C(=O)OC(C)(C)C. The number of amides is 1. The number of ether oxygens (including phenoxy) is 1. The Labute approximate surface area is 119 Å². The van der Waals surface area contributed by atoms with Crippen molar-refractivity contribution in [1.29, 1.82) is 0 Å². The van der Waals surface area contributed by atoms with Crippen LogP contribution in [0.1, 0.15) is 80.1 Å². The normalized spacial score (nSPS) is 12.4. The number of nitrogens with zero attached hydrogens (tertiary/aromatic N) is 1. The average molecular weight is 271 g/mol. The largest absolute Gasteiger partial charge is 0.444 e. The van der Waals surface area contributed by atoms with E-state index in [9.17, 15) is 4.79 Å². The molecule has 0 N–H and O–H groups in total. The van der Waals surface area contributed by atoms with Gasteiger partial charge in [0.1, 0.15) is 5.60 Å². The maximum atomic E-state index is 12.0. The highest BCUT2D eigenvalue weighted by atomic mass is 16.6. The molecule has 0 aromatic heterocycles. The molecule has 0 fully saturated rings. The number of hydrogen-bond donors (Lipinski definition) is 0. The minimum absolute atomic E-state index is 0.144. The van der Waals surface area contributed by atoms with E-state index >= 15 is 0 Å². The molecule has 0 aliphatic carbocycles. The van der Waals surface area contributed by atoms with Crippen LogP contribution in [0.4, 0.5) is 4.79 Å². The second-order valence-corrected chi connectivity index (χ2v) is 7.02. The lowest BCUT2D eigenvalue weighted by Gasteiger charge is -2.36. The molecule has 0 unspecified atom stereocenters. The number of carbonyl (C=O) groups is 1. The van der Waals surface area contributed by atoms with Gasteiger partial charge in [0.25, 0.3) is 0 Å². The van der Waals surface area contributed by atoms with Crippen molar-refractivity contribution < 1.29 is 9.53 Å². The molecular formula is C16H33NO2. The summed E-state index contributed by atoms with van der Waals surface area (Å²) >= 11 is 0. The molecule has 0 bridgehead atoms. The van der Waals surface area contributed by atoms with Crippen molar-refractivity contribution in [2.45, 2.75) is 91.2 Å². The Kier molecular flexibility index (Phi) is 7.46. The van der Waals surface area contributed by atoms with E-state index in [4.69, 9.17) is 4.74 Å². The fourth-order valence-electron chi connectivity index (χ4n) is 1.91. The molecule has 19 heavy (non-hydrogen) atoms. The Morgan fingerprint density at radius 1 is 1.00 bits per heavy atom. The van der Waals surface area contributed by atoms with Gasteiger partial charge in [0.05, 0.1) is 0 Å². The van der Waals surface area contributed by atoms with Crippen LogP contribution in [-0.4, -0.2) is 29.2 Å². The first kappa shape index (κ1) is 18.3. The molecule has 114 valence electrons. The van der Waals surface area contributed by atoms with E-state index in [2.05, 4.69) is 20.8 Å². The van der Waals surface area contributed by atoms with Crippen molar-refractivity contribution in [3.05, 3.63) is 0 Å². The van der Waals surface area contributed by atoms with Crippen molar-refractivity contribution in [1.82, 2.24) is 4.90 Å².